The monoisotopic (exact) mass is 546 g/mol. The van der Waals surface area contributed by atoms with Gasteiger partial charge in [0.15, 0.2) is 0 Å². The lowest BCUT2D eigenvalue weighted by Crippen LogP contribution is -2.42. The van der Waals surface area contributed by atoms with Crippen LogP contribution in [0.4, 0.5) is 10.5 Å². The molecule has 1 atom stereocenters. The third-order valence-electron chi connectivity index (χ3n) is 7.24. The highest BCUT2D eigenvalue weighted by Crippen LogP contribution is 2.30. The number of carbonyl (C=O) groups is 1. The molecule has 41 heavy (non-hydrogen) atoms. The molecule has 0 fully saturated rings. The van der Waals surface area contributed by atoms with E-state index in [1.165, 1.54) is 0 Å². The van der Waals surface area contributed by atoms with Crippen molar-refractivity contribution in [3.63, 3.8) is 0 Å². The third kappa shape index (κ3) is 5.99. The normalized spacial score (nSPS) is 11.7. The molecule has 5 rings (SSSR count). The van der Waals surface area contributed by atoms with Crippen molar-refractivity contribution in [2.24, 2.45) is 0 Å². The first-order valence-electron chi connectivity index (χ1n) is 13.8. The standard InChI is InChI=1S/C34H34N4O3/c1-4-29(37(23-22-25-12-6-5-7-13-25)34(40)35-26-20-18-24(2)19-21-26)32-36-28-15-9-8-14-27(28)33(39)38(32)30-16-10-11-17-31(30)41-3/h5-21,29H,4,22-23H2,1-3H3,(H,35,40). The van der Waals surface area contributed by atoms with Crippen molar-refractivity contribution in [1.82, 2.24) is 14.5 Å². The average molecular weight is 547 g/mol. The predicted octanol–water partition coefficient (Wildman–Crippen LogP) is 6.93. The summed E-state index contributed by atoms with van der Waals surface area (Å²) in [5, 5.41) is 3.57. The number of hydrogen-bond acceptors (Lipinski definition) is 4. The summed E-state index contributed by atoms with van der Waals surface area (Å²) >= 11 is 0. The molecular weight excluding hydrogens is 512 g/mol. The van der Waals surface area contributed by atoms with Crippen LogP contribution < -0.4 is 15.6 Å². The largest absolute Gasteiger partial charge is 0.495 e. The molecule has 0 bridgehead atoms. The summed E-state index contributed by atoms with van der Waals surface area (Å²) in [6, 6.07) is 31.7. The SMILES string of the molecule is CCC(c1nc2ccccc2c(=O)n1-c1ccccc1OC)N(CCc1ccccc1)C(=O)Nc1ccc(C)cc1. The van der Waals surface area contributed by atoms with Gasteiger partial charge in [-0.3, -0.25) is 9.36 Å². The second kappa shape index (κ2) is 12.5. The highest BCUT2D eigenvalue weighted by molar-refractivity contribution is 5.89. The van der Waals surface area contributed by atoms with E-state index < -0.39 is 6.04 Å². The van der Waals surface area contributed by atoms with Crippen molar-refractivity contribution in [3.05, 3.63) is 130 Å². The van der Waals surface area contributed by atoms with E-state index in [-0.39, 0.29) is 11.6 Å². The fourth-order valence-corrected chi connectivity index (χ4v) is 5.09. The number of carbonyl (C=O) groups excluding carboxylic acids is 1. The molecule has 0 saturated heterocycles. The van der Waals surface area contributed by atoms with Gasteiger partial charge in [-0.05, 0) is 61.7 Å². The van der Waals surface area contributed by atoms with Crippen molar-refractivity contribution in [2.45, 2.75) is 32.7 Å². The van der Waals surface area contributed by atoms with Crippen LogP contribution in [0.1, 0.15) is 36.3 Å². The number of nitrogens with one attached hydrogen (secondary N) is 1. The Kier molecular flexibility index (Phi) is 8.44. The highest BCUT2D eigenvalue weighted by atomic mass is 16.5. The van der Waals surface area contributed by atoms with E-state index in [9.17, 15) is 9.59 Å². The van der Waals surface area contributed by atoms with Gasteiger partial charge in [-0.1, -0.05) is 79.2 Å². The van der Waals surface area contributed by atoms with Gasteiger partial charge in [0.25, 0.3) is 5.56 Å². The number of hydrogen-bond donors (Lipinski definition) is 1. The summed E-state index contributed by atoms with van der Waals surface area (Å²) in [4.78, 5) is 34.9. The van der Waals surface area contributed by atoms with Crippen LogP contribution in [0.2, 0.25) is 0 Å². The van der Waals surface area contributed by atoms with Crippen molar-refractivity contribution < 1.29 is 9.53 Å². The van der Waals surface area contributed by atoms with E-state index in [1.807, 2.05) is 98.8 Å². The number of rotatable bonds is 9. The van der Waals surface area contributed by atoms with E-state index in [2.05, 4.69) is 17.4 Å². The van der Waals surface area contributed by atoms with Gasteiger partial charge in [-0.15, -0.1) is 0 Å². The number of ether oxygens (including phenoxy) is 1. The first kappa shape index (κ1) is 27.6. The molecule has 0 saturated carbocycles. The van der Waals surface area contributed by atoms with Crippen LogP contribution in [0.15, 0.2) is 108 Å². The van der Waals surface area contributed by atoms with E-state index in [1.54, 1.807) is 22.6 Å². The number of amides is 2. The number of anilines is 1. The molecule has 1 heterocycles. The van der Waals surface area contributed by atoms with Gasteiger partial charge in [0.05, 0.1) is 29.7 Å². The number of nitrogens with zero attached hydrogens (tertiary/aromatic N) is 3. The molecule has 208 valence electrons. The van der Waals surface area contributed by atoms with Gasteiger partial charge in [0.1, 0.15) is 11.6 Å². The lowest BCUT2D eigenvalue weighted by molar-refractivity contribution is 0.182. The molecule has 1 unspecified atom stereocenters. The Bertz CT molecular complexity index is 1700. The molecule has 7 heteroatoms. The van der Waals surface area contributed by atoms with E-state index in [0.29, 0.717) is 53.2 Å². The van der Waals surface area contributed by atoms with Crippen LogP contribution >= 0.6 is 0 Å². The smallest absolute Gasteiger partial charge is 0.322 e. The minimum absolute atomic E-state index is 0.212. The van der Waals surface area contributed by atoms with E-state index >= 15 is 0 Å². The Balaban J connectivity index is 1.65. The Morgan fingerprint density at radius 1 is 0.927 bits per heavy atom. The fourth-order valence-electron chi connectivity index (χ4n) is 5.09. The van der Waals surface area contributed by atoms with Crippen molar-refractivity contribution in [3.8, 4) is 11.4 Å². The first-order chi connectivity index (χ1) is 20.0. The molecule has 2 amide bonds. The molecular formula is C34H34N4O3. The number of aryl methyl sites for hydroxylation is 1. The minimum Gasteiger partial charge on any atom is -0.495 e. The summed E-state index contributed by atoms with van der Waals surface area (Å²) in [7, 11) is 1.58. The highest BCUT2D eigenvalue weighted by Gasteiger charge is 2.30. The molecule has 4 aromatic carbocycles. The zero-order valence-electron chi connectivity index (χ0n) is 23.6. The van der Waals surface area contributed by atoms with Gasteiger partial charge in [0, 0.05) is 12.2 Å². The summed E-state index contributed by atoms with van der Waals surface area (Å²) < 4.78 is 7.26. The van der Waals surface area contributed by atoms with Crippen LogP contribution in [0, 0.1) is 6.92 Å². The molecule has 0 aliphatic heterocycles. The number of methoxy groups -OCH3 is 1. The topological polar surface area (TPSA) is 76.5 Å². The lowest BCUT2D eigenvalue weighted by Gasteiger charge is -2.32. The van der Waals surface area contributed by atoms with Crippen molar-refractivity contribution in [2.75, 3.05) is 19.0 Å². The van der Waals surface area contributed by atoms with E-state index in [0.717, 1.165) is 11.1 Å². The zero-order valence-corrected chi connectivity index (χ0v) is 23.6. The first-order valence-corrected chi connectivity index (χ1v) is 13.8. The Morgan fingerprint density at radius 3 is 2.34 bits per heavy atom. The number of benzene rings is 4. The molecule has 0 radical (unpaired) electrons. The number of fused-ring (bicyclic) bond motifs is 1. The number of aromatic nitrogens is 2. The van der Waals surface area contributed by atoms with Gasteiger partial charge in [-0.25, -0.2) is 9.78 Å². The van der Waals surface area contributed by atoms with Gasteiger partial charge in [0.2, 0.25) is 0 Å². The number of urea groups is 1. The molecule has 5 aromatic rings. The summed E-state index contributed by atoms with van der Waals surface area (Å²) in [5.41, 5.74) is 3.87. The van der Waals surface area contributed by atoms with Crippen molar-refractivity contribution >= 4 is 22.6 Å². The summed E-state index contributed by atoms with van der Waals surface area (Å²) in [5.74, 6) is 1.02. The van der Waals surface area contributed by atoms with Gasteiger partial charge >= 0.3 is 6.03 Å². The maximum absolute atomic E-state index is 14.1. The fraction of sp³-hybridized carbons (Fsp3) is 0.206. The van der Waals surface area contributed by atoms with Crippen LogP contribution in [0.3, 0.4) is 0 Å². The molecule has 0 aliphatic carbocycles. The molecule has 0 spiro atoms. The van der Waals surface area contributed by atoms with E-state index in [4.69, 9.17) is 9.72 Å². The number of para-hydroxylation sites is 3. The minimum atomic E-state index is -0.508. The quantitative estimate of drug-likeness (QED) is 0.217. The van der Waals surface area contributed by atoms with Crippen LogP contribution in [0.25, 0.3) is 16.6 Å². The average Bonchev–Trinajstić information content (AvgIpc) is 3.01. The predicted molar refractivity (Wildman–Crippen MR) is 164 cm³/mol. The van der Waals surface area contributed by atoms with Crippen LogP contribution in [-0.2, 0) is 6.42 Å². The van der Waals surface area contributed by atoms with Gasteiger partial charge < -0.3 is 15.0 Å². The Morgan fingerprint density at radius 2 is 1.61 bits per heavy atom. The lowest BCUT2D eigenvalue weighted by atomic mass is 10.1. The van der Waals surface area contributed by atoms with Crippen LogP contribution in [0.5, 0.6) is 5.75 Å². The summed E-state index contributed by atoms with van der Waals surface area (Å²) in [6.45, 7) is 4.44. The zero-order chi connectivity index (χ0) is 28.8. The molecule has 1 N–H and O–H groups in total. The maximum atomic E-state index is 14.1. The van der Waals surface area contributed by atoms with Crippen molar-refractivity contribution in [1.29, 1.82) is 0 Å². The molecule has 0 aliphatic rings. The maximum Gasteiger partial charge on any atom is 0.322 e. The Hall–Kier alpha value is -4.91. The van der Waals surface area contributed by atoms with Gasteiger partial charge in [-0.2, -0.15) is 0 Å². The summed E-state index contributed by atoms with van der Waals surface area (Å²) in [6.07, 6.45) is 1.18. The second-order valence-corrected chi connectivity index (χ2v) is 9.95. The molecule has 1 aromatic heterocycles. The molecule has 7 nitrogen and oxygen atoms in total. The second-order valence-electron chi connectivity index (χ2n) is 9.95. The third-order valence-corrected chi connectivity index (χ3v) is 7.24. The van der Waals surface area contributed by atoms with Crippen LogP contribution in [-0.4, -0.2) is 34.1 Å². The Labute approximate surface area is 240 Å².